The van der Waals surface area contributed by atoms with Crippen LogP contribution in [0.3, 0.4) is 0 Å². The van der Waals surface area contributed by atoms with Crippen molar-refractivity contribution in [2.75, 3.05) is 6.61 Å². The summed E-state index contributed by atoms with van der Waals surface area (Å²) in [4.78, 5) is 11.1. The van der Waals surface area contributed by atoms with Gasteiger partial charge < -0.3 is 18.6 Å². The zero-order valence-electron chi connectivity index (χ0n) is 8.87. The van der Waals surface area contributed by atoms with E-state index >= 15 is 0 Å². The molecular weight excluding hydrogens is 224 g/mol. The molecule has 0 spiro atoms. The molecule has 0 bridgehead atoms. The van der Waals surface area contributed by atoms with Crippen LogP contribution in [0.25, 0.3) is 0 Å². The van der Waals surface area contributed by atoms with Crippen molar-refractivity contribution in [3.05, 3.63) is 0 Å². The smallest absolute Gasteiger partial charge is 0.432 e. The molecule has 1 aliphatic rings. The molecular formula is C8H16O6S. The Hall–Kier alpha value is -0.500. The average molecular weight is 240 g/mol. The fourth-order valence-electron chi connectivity index (χ4n) is 1.08. The lowest BCUT2D eigenvalue weighted by atomic mass is 10.3. The Morgan fingerprint density at radius 2 is 2.13 bits per heavy atom. The molecule has 0 aromatic rings. The molecule has 2 atom stereocenters. The molecule has 0 radical (unpaired) electrons. The first-order valence-corrected chi connectivity index (χ1v) is 6.15. The van der Waals surface area contributed by atoms with Crippen LogP contribution in [-0.2, 0) is 13.7 Å². The van der Waals surface area contributed by atoms with Crippen molar-refractivity contribution in [3.8, 4) is 0 Å². The molecule has 1 saturated heterocycles. The molecule has 2 unspecified atom stereocenters. The van der Waals surface area contributed by atoms with E-state index in [2.05, 4.69) is 0 Å². The van der Waals surface area contributed by atoms with E-state index in [4.69, 9.17) is 13.7 Å². The van der Waals surface area contributed by atoms with Gasteiger partial charge in [0.2, 0.25) is 0 Å². The summed E-state index contributed by atoms with van der Waals surface area (Å²) in [7, 11) is -3.08. The number of carbonyl (C=O) groups is 1. The molecule has 1 aliphatic heterocycles. The van der Waals surface area contributed by atoms with Crippen molar-refractivity contribution in [2.45, 2.75) is 38.2 Å². The molecule has 0 aromatic heterocycles. The Kier molecular flexibility index (Phi) is 3.82. The van der Waals surface area contributed by atoms with Crippen molar-refractivity contribution < 1.29 is 27.6 Å². The van der Waals surface area contributed by atoms with Crippen LogP contribution in [0.2, 0.25) is 0 Å². The second-order valence-corrected chi connectivity index (χ2v) is 5.66. The first-order chi connectivity index (χ1) is 6.83. The van der Waals surface area contributed by atoms with Crippen LogP contribution >= 0.6 is 10.9 Å². The summed E-state index contributed by atoms with van der Waals surface area (Å²) >= 11 is 0. The molecule has 6 nitrogen and oxygen atoms in total. The molecule has 2 N–H and O–H groups in total. The predicted octanol–water partition coefficient (Wildman–Crippen LogP) is 2.00. The highest BCUT2D eigenvalue weighted by molar-refractivity contribution is 8.20. The van der Waals surface area contributed by atoms with E-state index in [1.165, 1.54) is 0 Å². The highest BCUT2D eigenvalue weighted by Gasteiger charge is 2.43. The predicted molar refractivity (Wildman–Crippen MR) is 54.8 cm³/mol. The second-order valence-electron chi connectivity index (χ2n) is 3.60. The Morgan fingerprint density at radius 3 is 2.53 bits per heavy atom. The fraction of sp³-hybridized carbons (Fsp3) is 0.875. The van der Waals surface area contributed by atoms with Gasteiger partial charge >= 0.3 is 6.16 Å². The largest absolute Gasteiger partial charge is 0.508 e. The number of ether oxygens (including phenoxy) is 2. The Labute approximate surface area is 90.1 Å². The van der Waals surface area contributed by atoms with Gasteiger partial charge in [0.05, 0.1) is 22.2 Å². The summed E-state index contributed by atoms with van der Waals surface area (Å²) in [6.45, 7) is 4.93. The summed E-state index contributed by atoms with van der Waals surface area (Å²) in [5.41, 5.74) is 0. The monoisotopic (exact) mass is 240 g/mol. The quantitative estimate of drug-likeness (QED) is 0.718. The first kappa shape index (κ1) is 12.6. The normalized spacial score (nSPS) is 31.3. The van der Waals surface area contributed by atoms with Gasteiger partial charge in [-0.15, -0.1) is 0 Å². The van der Waals surface area contributed by atoms with E-state index in [0.29, 0.717) is 0 Å². The summed E-state index contributed by atoms with van der Waals surface area (Å²) in [6, 6.07) is 0. The fourth-order valence-corrected chi connectivity index (χ4v) is 2.16. The third-order valence-corrected chi connectivity index (χ3v) is 3.75. The molecule has 15 heavy (non-hydrogen) atoms. The van der Waals surface area contributed by atoms with E-state index in [-0.39, 0.29) is 12.7 Å². The first-order valence-electron chi connectivity index (χ1n) is 4.61. The summed E-state index contributed by atoms with van der Waals surface area (Å²) < 4.78 is 33.0. The molecule has 1 heterocycles. The van der Waals surface area contributed by atoms with Gasteiger partial charge in [-0.25, -0.2) is 4.79 Å². The van der Waals surface area contributed by atoms with Crippen LogP contribution in [-0.4, -0.2) is 39.3 Å². The maximum Gasteiger partial charge on any atom is 0.508 e. The lowest BCUT2D eigenvalue weighted by molar-refractivity contribution is 0.00264. The van der Waals surface area contributed by atoms with Gasteiger partial charge in [0.25, 0.3) is 0 Å². The maximum atomic E-state index is 11.1. The van der Waals surface area contributed by atoms with E-state index in [0.717, 1.165) is 0 Å². The number of carbonyl (C=O) groups excluding carboxylic acids is 1. The Morgan fingerprint density at radius 1 is 1.53 bits per heavy atom. The highest BCUT2D eigenvalue weighted by atomic mass is 32.3. The van der Waals surface area contributed by atoms with E-state index < -0.39 is 28.4 Å². The van der Waals surface area contributed by atoms with Crippen LogP contribution in [0.5, 0.6) is 0 Å². The standard InChI is InChI=1S/C8H16O6S/c1-5(2)13-8(9)14-7-4-12-15(10,11)6(7)3/h5-7,10-11H,4H2,1-3H3. The van der Waals surface area contributed by atoms with Crippen LogP contribution in [0, 0.1) is 0 Å². The molecule has 0 amide bonds. The summed E-state index contributed by atoms with van der Waals surface area (Å²) in [5.74, 6) is 0. The van der Waals surface area contributed by atoms with E-state index in [1.807, 2.05) is 0 Å². The summed E-state index contributed by atoms with van der Waals surface area (Å²) in [5, 5.41) is -0.628. The minimum Gasteiger partial charge on any atom is -0.432 e. The minimum absolute atomic E-state index is 0.0172. The van der Waals surface area contributed by atoms with Crippen LogP contribution < -0.4 is 0 Å². The highest BCUT2D eigenvalue weighted by Crippen LogP contribution is 2.52. The van der Waals surface area contributed by atoms with Crippen LogP contribution in [0.1, 0.15) is 20.8 Å². The van der Waals surface area contributed by atoms with Crippen LogP contribution in [0.15, 0.2) is 0 Å². The molecule has 1 rings (SSSR count). The molecule has 0 aromatic carbocycles. The number of rotatable bonds is 2. The van der Waals surface area contributed by atoms with Gasteiger partial charge in [-0.3, -0.25) is 4.18 Å². The van der Waals surface area contributed by atoms with Gasteiger partial charge in [0.1, 0.15) is 12.7 Å². The molecule has 0 saturated carbocycles. The van der Waals surface area contributed by atoms with Crippen molar-refractivity contribution in [3.63, 3.8) is 0 Å². The van der Waals surface area contributed by atoms with Crippen molar-refractivity contribution in [1.82, 2.24) is 0 Å². The van der Waals surface area contributed by atoms with E-state index in [1.54, 1.807) is 20.8 Å². The van der Waals surface area contributed by atoms with Gasteiger partial charge in [-0.2, -0.15) is 0 Å². The third kappa shape index (κ3) is 3.23. The molecule has 90 valence electrons. The summed E-state index contributed by atoms with van der Waals surface area (Å²) in [6.07, 6.45) is -1.75. The SMILES string of the molecule is CC(C)OC(=O)OC1COS(O)(O)C1C. The maximum absolute atomic E-state index is 11.1. The van der Waals surface area contributed by atoms with Crippen molar-refractivity contribution in [1.29, 1.82) is 0 Å². The topological polar surface area (TPSA) is 85.2 Å². The second kappa shape index (κ2) is 4.56. The molecule has 0 aliphatic carbocycles. The van der Waals surface area contributed by atoms with Crippen molar-refractivity contribution >= 4 is 17.0 Å². The molecule has 7 heteroatoms. The van der Waals surface area contributed by atoms with Crippen molar-refractivity contribution in [2.24, 2.45) is 0 Å². The van der Waals surface area contributed by atoms with Gasteiger partial charge in [-0.1, -0.05) is 0 Å². The van der Waals surface area contributed by atoms with Gasteiger partial charge in [0.15, 0.2) is 0 Å². The minimum atomic E-state index is -3.08. The zero-order valence-corrected chi connectivity index (χ0v) is 9.69. The zero-order chi connectivity index (χ0) is 11.6. The lowest BCUT2D eigenvalue weighted by Gasteiger charge is -2.25. The number of hydrogen-bond donors (Lipinski definition) is 2. The molecule has 1 fully saturated rings. The number of hydrogen-bond acceptors (Lipinski definition) is 6. The third-order valence-electron chi connectivity index (χ3n) is 1.99. The Balaban J connectivity index is 2.44. The Bertz CT molecular complexity index is 241. The lowest BCUT2D eigenvalue weighted by Crippen LogP contribution is -2.29. The van der Waals surface area contributed by atoms with Gasteiger partial charge in [0, 0.05) is 0 Å². The van der Waals surface area contributed by atoms with Crippen LogP contribution in [0.4, 0.5) is 4.79 Å². The average Bonchev–Trinajstić information content (AvgIpc) is 2.30. The van der Waals surface area contributed by atoms with Gasteiger partial charge in [-0.05, 0) is 20.8 Å². The van der Waals surface area contributed by atoms with E-state index in [9.17, 15) is 13.9 Å².